The molecule has 0 aliphatic carbocycles. The van der Waals surface area contributed by atoms with Gasteiger partial charge in [-0.15, -0.1) is 0 Å². The van der Waals surface area contributed by atoms with E-state index < -0.39 is 5.60 Å². The van der Waals surface area contributed by atoms with Crippen LogP contribution in [0.15, 0.2) is 0 Å². The van der Waals surface area contributed by atoms with E-state index in [-0.39, 0.29) is 24.0 Å². The van der Waals surface area contributed by atoms with Crippen LogP contribution in [-0.4, -0.2) is 59.0 Å². The zero-order chi connectivity index (χ0) is 15.5. The number of carbonyl (C=O) groups excluding carboxylic acids is 2. The first-order chi connectivity index (χ1) is 9.10. The molecule has 1 fully saturated rings. The molecule has 5 nitrogen and oxygen atoms in total. The van der Waals surface area contributed by atoms with Crippen molar-refractivity contribution in [3.05, 3.63) is 0 Å². The minimum atomic E-state index is -0.463. The van der Waals surface area contributed by atoms with Crippen LogP contribution >= 0.6 is 0 Å². The first-order valence-electron chi connectivity index (χ1n) is 7.33. The second-order valence-corrected chi connectivity index (χ2v) is 6.77. The molecule has 1 heterocycles. The summed E-state index contributed by atoms with van der Waals surface area (Å²) in [6, 6.07) is 0.483. The van der Waals surface area contributed by atoms with E-state index in [2.05, 4.69) is 18.7 Å². The van der Waals surface area contributed by atoms with Crippen LogP contribution in [0.25, 0.3) is 0 Å². The number of ether oxygens (including phenoxy) is 1. The molecule has 1 aliphatic heterocycles. The minimum Gasteiger partial charge on any atom is -0.444 e. The Kier molecular flexibility index (Phi) is 5.57. The first-order valence-corrected chi connectivity index (χ1v) is 7.33. The van der Waals surface area contributed by atoms with E-state index in [0.29, 0.717) is 19.5 Å². The largest absolute Gasteiger partial charge is 0.444 e. The molecule has 0 saturated carbocycles. The summed E-state index contributed by atoms with van der Waals surface area (Å²) in [7, 11) is 0. The number of ketones is 1. The molecule has 20 heavy (non-hydrogen) atoms. The van der Waals surface area contributed by atoms with Gasteiger partial charge < -0.3 is 9.64 Å². The lowest BCUT2D eigenvalue weighted by Crippen LogP contribution is -2.58. The summed E-state index contributed by atoms with van der Waals surface area (Å²) in [6.07, 6.45) is 0.323. The first kappa shape index (κ1) is 17.0. The van der Waals surface area contributed by atoms with Gasteiger partial charge in [-0.3, -0.25) is 9.69 Å². The SMILES string of the molecule is CC(=O)CCN1C(C)CN(C(=O)OC(C)(C)C)CC1C. The molecule has 2 unspecified atom stereocenters. The Hall–Kier alpha value is -1.10. The molecule has 0 N–H and O–H groups in total. The number of hydrogen-bond donors (Lipinski definition) is 0. The second-order valence-electron chi connectivity index (χ2n) is 6.77. The molecule has 0 aromatic heterocycles. The molecule has 1 amide bonds. The molecule has 0 aromatic carbocycles. The number of carbonyl (C=O) groups is 2. The number of nitrogens with zero attached hydrogens (tertiary/aromatic N) is 2. The molecule has 0 radical (unpaired) electrons. The minimum absolute atomic E-state index is 0.207. The highest BCUT2D eigenvalue weighted by molar-refractivity contribution is 5.75. The van der Waals surface area contributed by atoms with Crippen LogP contribution in [0.5, 0.6) is 0 Å². The van der Waals surface area contributed by atoms with Gasteiger partial charge in [0, 0.05) is 38.1 Å². The van der Waals surface area contributed by atoms with E-state index in [0.717, 1.165) is 6.54 Å². The Bertz CT molecular complexity index is 351. The van der Waals surface area contributed by atoms with Gasteiger partial charge in [0.25, 0.3) is 0 Å². The van der Waals surface area contributed by atoms with Crippen molar-refractivity contribution < 1.29 is 14.3 Å². The molecule has 116 valence electrons. The molecule has 2 atom stereocenters. The quantitative estimate of drug-likeness (QED) is 0.798. The highest BCUT2D eigenvalue weighted by Gasteiger charge is 2.33. The highest BCUT2D eigenvalue weighted by atomic mass is 16.6. The third-order valence-electron chi connectivity index (χ3n) is 3.48. The fourth-order valence-electron chi connectivity index (χ4n) is 2.56. The molecule has 1 aliphatic rings. The summed E-state index contributed by atoms with van der Waals surface area (Å²) in [5.41, 5.74) is -0.463. The average Bonchev–Trinajstić information content (AvgIpc) is 2.24. The van der Waals surface area contributed by atoms with Crippen molar-refractivity contribution in [2.24, 2.45) is 0 Å². The van der Waals surface area contributed by atoms with Gasteiger partial charge in [-0.05, 0) is 41.5 Å². The van der Waals surface area contributed by atoms with Crippen molar-refractivity contribution in [3.63, 3.8) is 0 Å². The van der Waals surface area contributed by atoms with Crippen molar-refractivity contribution in [1.29, 1.82) is 0 Å². The summed E-state index contributed by atoms with van der Waals surface area (Å²) in [5, 5.41) is 0. The normalized spacial score (nSPS) is 24.6. The van der Waals surface area contributed by atoms with Crippen LogP contribution in [0.1, 0.15) is 48.0 Å². The third-order valence-corrected chi connectivity index (χ3v) is 3.48. The zero-order valence-corrected chi connectivity index (χ0v) is 13.6. The van der Waals surface area contributed by atoms with E-state index >= 15 is 0 Å². The van der Waals surface area contributed by atoms with Crippen LogP contribution < -0.4 is 0 Å². The second kappa shape index (κ2) is 6.57. The maximum atomic E-state index is 12.1. The molecule has 1 saturated heterocycles. The number of piperazine rings is 1. The molecule has 0 aromatic rings. The smallest absolute Gasteiger partial charge is 0.410 e. The fraction of sp³-hybridized carbons (Fsp3) is 0.867. The van der Waals surface area contributed by atoms with E-state index in [1.807, 2.05) is 20.8 Å². The van der Waals surface area contributed by atoms with Gasteiger partial charge in [0.15, 0.2) is 0 Å². The number of rotatable bonds is 3. The number of Topliss-reactive ketones (excluding diaryl/α,β-unsaturated/α-hetero) is 1. The highest BCUT2D eigenvalue weighted by Crippen LogP contribution is 2.19. The average molecular weight is 284 g/mol. The number of amides is 1. The summed E-state index contributed by atoms with van der Waals surface area (Å²) < 4.78 is 5.42. The van der Waals surface area contributed by atoms with Gasteiger partial charge in [0.05, 0.1) is 0 Å². The molecular formula is C15H28N2O3. The Morgan fingerprint density at radius 2 is 1.65 bits per heavy atom. The van der Waals surface area contributed by atoms with Crippen LogP contribution in [-0.2, 0) is 9.53 Å². The predicted molar refractivity (Wildman–Crippen MR) is 78.7 cm³/mol. The van der Waals surface area contributed by atoms with Crippen LogP contribution in [0.4, 0.5) is 4.79 Å². The lowest BCUT2D eigenvalue weighted by molar-refractivity contribution is -0.117. The van der Waals surface area contributed by atoms with Crippen molar-refractivity contribution in [2.45, 2.75) is 65.6 Å². The van der Waals surface area contributed by atoms with Crippen molar-refractivity contribution >= 4 is 11.9 Å². The fourth-order valence-corrected chi connectivity index (χ4v) is 2.56. The van der Waals surface area contributed by atoms with E-state index in [1.165, 1.54) is 0 Å². The lowest BCUT2D eigenvalue weighted by atomic mass is 10.1. The molecular weight excluding hydrogens is 256 g/mol. The third kappa shape index (κ3) is 5.12. The van der Waals surface area contributed by atoms with Gasteiger partial charge in [0.2, 0.25) is 0 Å². The van der Waals surface area contributed by atoms with E-state index in [9.17, 15) is 9.59 Å². The van der Waals surface area contributed by atoms with Gasteiger partial charge in [-0.1, -0.05) is 0 Å². The summed E-state index contributed by atoms with van der Waals surface area (Å²) in [6.45, 7) is 13.5. The summed E-state index contributed by atoms with van der Waals surface area (Å²) in [4.78, 5) is 27.3. The standard InChI is InChI=1S/C15H28N2O3/c1-11-9-16(14(19)20-15(4,5)6)10-12(2)17(11)8-7-13(3)18/h11-12H,7-10H2,1-6H3. The maximum absolute atomic E-state index is 12.1. The molecule has 1 rings (SSSR count). The van der Waals surface area contributed by atoms with E-state index in [4.69, 9.17) is 4.74 Å². The predicted octanol–water partition coefficient (Wildman–Crippen LogP) is 2.30. The van der Waals surface area contributed by atoms with Crippen molar-refractivity contribution in [3.8, 4) is 0 Å². The Labute approximate surface area is 122 Å². The Morgan fingerprint density at radius 1 is 1.15 bits per heavy atom. The zero-order valence-electron chi connectivity index (χ0n) is 13.6. The number of hydrogen-bond acceptors (Lipinski definition) is 4. The van der Waals surface area contributed by atoms with E-state index in [1.54, 1.807) is 11.8 Å². The van der Waals surface area contributed by atoms with Gasteiger partial charge >= 0.3 is 6.09 Å². The van der Waals surface area contributed by atoms with Crippen molar-refractivity contribution in [2.75, 3.05) is 19.6 Å². The van der Waals surface area contributed by atoms with Gasteiger partial charge in [0.1, 0.15) is 11.4 Å². The topological polar surface area (TPSA) is 49.9 Å². The maximum Gasteiger partial charge on any atom is 0.410 e. The van der Waals surface area contributed by atoms with Gasteiger partial charge in [-0.2, -0.15) is 0 Å². The Balaban J connectivity index is 2.59. The lowest BCUT2D eigenvalue weighted by Gasteiger charge is -2.44. The summed E-state index contributed by atoms with van der Waals surface area (Å²) >= 11 is 0. The van der Waals surface area contributed by atoms with Gasteiger partial charge in [-0.25, -0.2) is 4.79 Å². The van der Waals surface area contributed by atoms with Crippen LogP contribution in [0, 0.1) is 0 Å². The molecule has 0 bridgehead atoms. The van der Waals surface area contributed by atoms with Crippen LogP contribution in [0.3, 0.4) is 0 Å². The molecule has 0 spiro atoms. The van der Waals surface area contributed by atoms with Crippen LogP contribution in [0.2, 0.25) is 0 Å². The summed E-state index contributed by atoms with van der Waals surface area (Å²) in [5.74, 6) is 0.207. The molecule has 5 heteroatoms. The monoisotopic (exact) mass is 284 g/mol. The Morgan fingerprint density at radius 3 is 2.05 bits per heavy atom. The van der Waals surface area contributed by atoms with Crippen molar-refractivity contribution in [1.82, 2.24) is 9.80 Å².